The zero-order chi connectivity index (χ0) is 23.0. The van der Waals surface area contributed by atoms with Gasteiger partial charge in [-0.2, -0.15) is 0 Å². The van der Waals surface area contributed by atoms with Crippen LogP contribution in [0.2, 0.25) is 0 Å². The molecule has 0 spiro atoms. The number of hydrogen-bond acceptors (Lipinski definition) is 10. The summed E-state index contributed by atoms with van der Waals surface area (Å²) in [7, 11) is 1.26. The Balaban J connectivity index is 2.07. The van der Waals surface area contributed by atoms with Crippen LogP contribution in [0, 0.1) is 0 Å². The van der Waals surface area contributed by atoms with Crippen LogP contribution in [-0.2, 0) is 14.3 Å². The Morgan fingerprint density at radius 3 is 2.39 bits per heavy atom. The van der Waals surface area contributed by atoms with Crippen LogP contribution >= 0.6 is 0 Å². The standard InChI is InChI=1S/C20H24N2O9/c1-7-14(24)10-5-6-11(31-20-18(28)17(27)15(25)8(2)30-20)13(22-21-9(3)23)12(10)16(26)19(7)29-4/h5-6,8,15,17-18,20,22,25,27-28H,1-4H3,(H,21,23). The molecule has 0 aromatic heterocycles. The summed E-state index contributed by atoms with van der Waals surface area (Å²) in [6, 6.07) is 2.72. The Morgan fingerprint density at radius 1 is 1.10 bits per heavy atom. The number of fused-ring (bicyclic) bond motifs is 1. The highest BCUT2D eigenvalue weighted by atomic mass is 16.7. The van der Waals surface area contributed by atoms with E-state index in [-0.39, 0.29) is 33.9 Å². The molecule has 0 saturated carbocycles. The Morgan fingerprint density at radius 2 is 1.77 bits per heavy atom. The van der Waals surface area contributed by atoms with E-state index < -0.39 is 48.2 Å². The summed E-state index contributed by atoms with van der Waals surface area (Å²) in [4.78, 5) is 37.2. The predicted octanol–water partition coefficient (Wildman–Crippen LogP) is -0.345. The monoisotopic (exact) mass is 436 g/mol. The molecule has 1 aromatic carbocycles. The van der Waals surface area contributed by atoms with Crippen molar-refractivity contribution in [2.45, 2.75) is 51.5 Å². The lowest BCUT2D eigenvalue weighted by Gasteiger charge is -2.39. The first kappa shape index (κ1) is 22.7. The summed E-state index contributed by atoms with van der Waals surface area (Å²) in [5, 5.41) is 30.1. The highest BCUT2D eigenvalue weighted by Gasteiger charge is 2.44. The van der Waals surface area contributed by atoms with Crippen LogP contribution < -0.4 is 15.6 Å². The quantitative estimate of drug-likeness (QED) is 0.386. The number of hydrazine groups is 1. The number of ether oxygens (including phenoxy) is 3. The zero-order valence-corrected chi connectivity index (χ0v) is 17.3. The first-order chi connectivity index (χ1) is 14.6. The Kier molecular flexibility index (Phi) is 6.32. The van der Waals surface area contributed by atoms with Crippen LogP contribution in [0.5, 0.6) is 5.75 Å². The molecule has 5 atom stereocenters. The van der Waals surface area contributed by atoms with Crippen LogP contribution in [0.3, 0.4) is 0 Å². The molecule has 1 aliphatic heterocycles. The molecule has 31 heavy (non-hydrogen) atoms. The number of nitrogens with one attached hydrogen (secondary N) is 2. The number of benzene rings is 1. The van der Waals surface area contributed by atoms with E-state index in [0.717, 1.165) is 0 Å². The molecule has 5 unspecified atom stereocenters. The number of Topliss-reactive ketones (excluding diaryl/α,β-unsaturated/α-hetero) is 2. The Labute approximate surface area is 177 Å². The van der Waals surface area contributed by atoms with Gasteiger partial charge in [0.05, 0.1) is 18.8 Å². The summed E-state index contributed by atoms with van der Waals surface area (Å²) in [6.45, 7) is 4.18. The van der Waals surface area contributed by atoms with Gasteiger partial charge in [-0.15, -0.1) is 0 Å². The fourth-order valence-corrected chi connectivity index (χ4v) is 3.45. The zero-order valence-electron chi connectivity index (χ0n) is 17.3. The number of methoxy groups -OCH3 is 1. The van der Waals surface area contributed by atoms with Gasteiger partial charge in [-0.1, -0.05) is 0 Å². The van der Waals surface area contributed by atoms with Gasteiger partial charge in [-0.05, 0) is 26.0 Å². The lowest BCUT2D eigenvalue weighted by atomic mass is 9.87. The number of carbonyl (C=O) groups is 3. The van der Waals surface area contributed by atoms with E-state index in [1.807, 2.05) is 0 Å². The van der Waals surface area contributed by atoms with Gasteiger partial charge in [-0.3, -0.25) is 25.2 Å². The minimum atomic E-state index is -1.61. The molecule has 11 nitrogen and oxygen atoms in total. The van der Waals surface area contributed by atoms with E-state index in [0.29, 0.717) is 0 Å². The third-order valence-corrected chi connectivity index (χ3v) is 5.15. The second-order valence-electron chi connectivity index (χ2n) is 7.28. The van der Waals surface area contributed by atoms with Crippen molar-refractivity contribution in [2.75, 3.05) is 12.5 Å². The van der Waals surface area contributed by atoms with E-state index >= 15 is 0 Å². The average Bonchev–Trinajstić information content (AvgIpc) is 2.73. The summed E-state index contributed by atoms with van der Waals surface area (Å²) in [6.07, 6.45) is -6.73. The minimum Gasteiger partial charge on any atom is -0.492 e. The van der Waals surface area contributed by atoms with Gasteiger partial charge < -0.3 is 29.5 Å². The topological polar surface area (TPSA) is 164 Å². The maximum atomic E-state index is 13.0. The van der Waals surface area contributed by atoms with Crippen molar-refractivity contribution in [3.63, 3.8) is 0 Å². The van der Waals surface area contributed by atoms with Crippen LogP contribution in [-0.4, -0.2) is 70.6 Å². The van der Waals surface area contributed by atoms with E-state index in [9.17, 15) is 29.7 Å². The Hall–Kier alpha value is -2.99. The van der Waals surface area contributed by atoms with Crippen molar-refractivity contribution < 1.29 is 43.9 Å². The molecule has 0 bridgehead atoms. The molecule has 2 aliphatic rings. The summed E-state index contributed by atoms with van der Waals surface area (Å²) in [5.74, 6) is -1.74. The highest BCUT2D eigenvalue weighted by Crippen LogP contribution is 2.38. The molecule has 1 heterocycles. The van der Waals surface area contributed by atoms with E-state index in [1.54, 1.807) is 0 Å². The molecule has 1 aromatic rings. The van der Waals surface area contributed by atoms with Gasteiger partial charge in [-0.25, -0.2) is 0 Å². The van der Waals surface area contributed by atoms with Crippen LogP contribution in [0.25, 0.3) is 0 Å². The third kappa shape index (κ3) is 4.00. The van der Waals surface area contributed by atoms with Gasteiger partial charge in [0.25, 0.3) is 0 Å². The molecule has 1 aliphatic carbocycles. The van der Waals surface area contributed by atoms with E-state index in [4.69, 9.17) is 14.2 Å². The largest absolute Gasteiger partial charge is 0.492 e. The number of aliphatic hydroxyl groups excluding tert-OH is 3. The van der Waals surface area contributed by atoms with Crippen LogP contribution in [0.1, 0.15) is 41.5 Å². The smallest absolute Gasteiger partial charge is 0.235 e. The number of amides is 1. The second kappa shape index (κ2) is 8.63. The number of allylic oxidation sites excluding steroid dienone is 2. The molecule has 0 radical (unpaired) electrons. The molecular weight excluding hydrogens is 412 g/mol. The molecule has 168 valence electrons. The summed E-state index contributed by atoms with van der Waals surface area (Å²) in [5.41, 5.74) is 4.93. The van der Waals surface area contributed by atoms with Crippen LogP contribution in [0.4, 0.5) is 5.69 Å². The number of rotatable bonds is 5. The average molecular weight is 436 g/mol. The number of ketones is 2. The molecule has 5 N–H and O–H groups in total. The van der Waals surface area contributed by atoms with Crippen molar-refractivity contribution in [3.8, 4) is 5.75 Å². The Bertz CT molecular complexity index is 958. The third-order valence-electron chi connectivity index (χ3n) is 5.15. The molecule has 1 saturated heterocycles. The number of hydrogen-bond donors (Lipinski definition) is 5. The molecule has 1 amide bonds. The number of anilines is 1. The number of aliphatic hydroxyl groups is 3. The molecule has 11 heteroatoms. The first-order valence-electron chi connectivity index (χ1n) is 9.48. The van der Waals surface area contributed by atoms with Gasteiger partial charge in [0.15, 0.2) is 11.5 Å². The van der Waals surface area contributed by atoms with Crippen molar-refractivity contribution in [3.05, 3.63) is 34.6 Å². The van der Waals surface area contributed by atoms with E-state index in [2.05, 4.69) is 10.9 Å². The predicted molar refractivity (Wildman–Crippen MR) is 105 cm³/mol. The lowest BCUT2D eigenvalue weighted by Crippen LogP contribution is -2.58. The summed E-state index contributed by atoms with van der Waals surface area (Å²) >= 11 is 0. The molecular formula is C20H24N2O9. The number of carbonyl (C=O) groups excluding carboxylic acids is 3. The fraction of sp³-hybridized carbons (Fsp3) is 0.450. The van der Waals surface area contributed by atoms with Crippen LogP contribution in [0.15, 0.2) is 23.5 Å². The van der Waals surface area contributed by atoms with Crippen molar-refractivity contribution in [2.24, 2.45) is 0 Å². The van der Waals surface area contributed by atoms with Gasteiger partial charge in [0.1, 0.15) is 29.7 Å². The maximum absolute atomic E-state index is 13.0. The van der Waals surface area contributed by atoms with Gasteiger partial charge >= 0.3 is 0 Å². The lowest BCUT2D eigenvalue weighted by molar-refractivity contribution is -0.268. The molecule has 1 fully saturated rings. The molecule has 3 rings (SSSR count). The van der Waals surface area contributed by atoms with Crippen molar-refractivity contribution in [1.82, 2.24) is 5.43 Å². The minimum absolute atomic E-state index is 0.0523. The van der Waals surface area contributed by atoms with E-state index in [1.165, 1.54) is 40.0 Å². The summed E-state index contributed by atoms with van der Waals surface area (Å²) < 4.78 is 16.2. The SMILES string of the molecule is COC1=C(C)C(=O)c2ccc(OC3OC(C)C(O)C(O)C3O)c(NNC(C)=O)c2C1=O. The second-order valence-corrected chi connectivity index (χ2v) is 7.28. The maximum Gasteiger partial charge on any atom is 0.235 e. The highest BCUT2D eigenvalue weighted by molar-refractivity contribution is 6.28. The van der Waals surface area contributed by atoms with Gasteiger partial charge in [0.2, 0.25) is 18.0 Å². The van der Waals surface area contributed by atoms with Crippen molar-refractivity contribution >= 4 is 23.2 Å². The van der Waals surface area contributed by atoms with Gasteiger partial charge in [0, 0.05) is 18.1 Å². The normalized spacial score (nSPS) is 28.2. The van der Waals surface area contributed by atoms with Crippen molar-refractivity contribution in [1.29, 1.82) is 0 Å². The fourth-order valence-electron chi connectivity index (χ4n) is 3.45. The first-order valence-corrected chi connectivity index (χ1v) is 9.48.